The Kier molecular flexibility index (Phi) is 4.21. The van der Waals surface area contributed by atoms with Crippen LogP contribution in [-0.2, 0) is 6.54 Å². The molecule has 20 heavy (non-hydrogen) atoms. The van der Waals surface area contributed by atoms with Crippen LogP contribution in [0.1, 0.15) is 16.7 Å². The Bertz CT molecular complexity index is 670. The third kappa shape index (κ3) is 3.06. The van der Waals surface area contributed by atoms with E-state index in [-0.39, 0.29) is 10.7 Å². The molecule has 1 N–H and O–H groups in total. The van der Waals surface area contributed by atoms with Gasteiger partial charge in [0, 0.05) is 12.6 Å². The number of benzene rings is 2. The van der Waals surface area contributed by atoms with E-state index in [1.165, 1.54) is 0 Å². The van der Waals surface area contributed by atoms with Gasteiger partial charge in [-0.25, -0.2) is 8.78 Å². The van der Waals surface area contributed by atoms with Crippen molar-refractivity contribution >= 4 is 17.3 Å². The average Bonchev–Trinajstić information content (AvgIpc) is 2.39. The predicted molar refractivity (Wildman–Crippen MR) is 74.6 cm³/mol. The van der Waals surface area contributed by atoms with E-state index in [4.69, 9.17) is 16.9 Å². The topological polar surface area (TPSA) is 35.8 Å². The van der Waals surface area contributed by atoms with Crippen LogP contribution in [0.2, 0.25) is 5.02 Å². The van der Waals surface area contributed by atoms with E-state index in [2.05, 4.69) is 11.4 Å². The van der Waals surface area contributed by atoms with E-state index in [1.807, 2.05) is 6.92 Å². The van der Waals surface area contributed by atoms with Gasteiger partial charge in [-0.05, 0) is 36.2 Å². The van der Waals surface area contributed by atoms with Crippen molar-refractivity contribution in [1.82, 2.24) is 0 Å². The Morgan fingerprint density at radius 3 is 2.60 bits per heavy atom. The van der Waals surface area contributed by atoms with Gasteiger partial charge < -0.3 is 5.32 Å². The minimum atomic E-state index is -0.735. The number of hydrogen-bond donors (Lipinski definition) is 1. The molecule has 0 fully saturated rings. The minimum absolute atomic E-state index is 0.00574. The molecule has 0 saturated heterocycles. The number of rotatable bonds is 3. The van der Waals surface area contributed by atoms with Crippen LogP contribution in [0.4, 0.5) is 14.5 Å². The van der Waals surface area contributed by atoms with Crippen LogP contribution < -0.4 is 5.32 Å². The summed E-state index contributed by atoms with van der Waals surface area (Å²) in [5.41, 5.74) is 2.45. The molecule has 0 aliphatic heterocycles. The van der Waals surface area contributed by atoms with Crippen LogP contribution in [0.25, 0.3) is 0 Å². The van der Waals surface area contributed by atoms with E-state index in [0.717, 1.165) is 23.3 Å². The zero-order valence-corrected chi connectivity index (χ0v) is 11.4. The van der Waals surface area contributed by atoms with Crippen molar-refractivity contribution in [3.05, 3.63) is 63.7 Å². The molecule has 0 spiro atoms. The number of hydrogen-bond acceptors (Lipinski definition) is 2. The fraction of sp³-hybridized carbons (Fsp3) is 0.133. The Morgan fingerprint density at radius 1 is 1.25 bits per heavy atom. The van der Waals surface area contributed by atoms with Crippen LogP contribution in [0.15, 0.2) is 30.3 Å². The molecular formula is C15H11ClF2N2. The second-order valence-electron chi connectivity index (χ2n) is 4.35. The standard InChI is InChI=1S/C15H11ClF2N2/c1-9-4-10(7-19)2-3-11(9)8-20-15-13(16)5-12(17)6-14(15)18/h2-6,20H,8H2,1H3. The lowest BCUT2D eigenvalue weighted by atomic mass is 10.1. The van der Waals surface area contributed by atoms with Gasteiger partial charge in [0.2, 0.25) is 0 Å². The first kappa shape index (κ1) is 14.3. The molecule has 0 bridgehead atoms. The van der Waals surface area contributed by atoms with E-state index in [0.29, 0.717) is 12.1 Å². The van der Waals surface area contributed by atoms with Crippen molar-refractivity contribution in [2.75, 3.05) is 5.32 Å². The molecule has 0 atom stereocenters. The van der Waals surface area contributed by atoms with Gasteiger partial charge >= 0.3 is 0 Å². The lowest BCUT2D eigenvalue weighted by Gasteiger charge is -2.11. The minimum Gasteiger partial charge on any atom is -0.377 e. The summed E-state index contributed by atoms with van der Waals surface area (Å²) in [5.74, 6) is -1.45. The van der Waals surface area contributed by atoms with E-state index >= 15 is 0 Å². The van der Waals surface area contributed by atoms with Crippen molar-refractivity contribution in [3.8, 4) is 6.07 Å². The van der Waals surface area contributed by atoms with Crippen LogP contribution >= 0.6 is 11.6 Å². The number of nitrogens with one attached hydrogen (secondary N) is 1. The molecule has 0 aromatic heterocycles. The molecule has 0 unspecified atom stereocenters. The van der Waals surface area contributed by atoms with Gasteiger partial charge in [0.1, 0.15) is 5.82 Å². The van der Waals surface area contributed by atoms with Crippen molar-refractivity contribution in [3.63, 3.8) is 0 Å². The SMILES string of the molecule is Cc1cc(C#N)ccc1CNc1c(F)cc(F)cc1Cl. The van der Waals surface area contributed by atoms with Crippen molar-refractivity contribution in [2.24, 2.45) is 0 Å². The molecule has 0 saturated carbocycles. The fourth-order valence-corrected chi connectivity index (χ4v) is 2.12. The summed E-state index contributed by atoms with van der Waals surface area (Å²) in [6, 6.07) is 9.11. The first-order valence-electron chi connectivity index (χ1n) is 5.89. The lowest BCUT2D eigenvalue weighted by molar-refractivity contribution is 0.585. The summed E-state index contributed by atoms with van der Waals surface area (Å²) in [5, 5.41) is 11.6. The van der Waals surface area contributed by atoms with Crippen LogP contribution in [0.3, 0.4) is 0 Å². The van der Waals surface area contributed by atoms with Crippen LogP contribution in [-0.4, -0.2) is 0 Å². The number of anilines is 1. The fourth-order valence-electron chi connectivity index (χ4n) is 1.86. The molecule has 0 aliphatic rings. The first-order chi connectivity index (χ1) is 9.51. The Balaban J connectivity index is 2.20. The number of halogens is 3. The highest BCUT2D eigenvalue weighted by Gasteiger charge is 2.10. The quantitative estimate of drug-likeness (QED) is 0.909. The van der Waals surface area contributed by atoms with E-state index in [1.54, 1.807) is 18.2 Å². The molecular weight excluding hydrogens is 282 g/mol. The maximum atomic E-state index is 13.6. The van der Waals surface area contributed by atoms with Crippen LogP contribution in [0, 0.1) is 29.9 Å². The molecule has 0 aliphatic carbocycles. The smallest absolute Gasteiger partial charge is 0.150 e. The van der Waals surface area contributed by atoms with Crippen LogP contribution in [0.5, 0.6) is 0 Å². The van der Waals surface area contributed by atoms with E-state index < -0.39 is 11.6 Å². The summed E-state index contributed by atoms with van der Waals surface area (Å²) in [6.07, 6.45) is 0. The first-order valence-corrected chi connectivity index (χ1v) is 6.27. The second kappa shape index (κ2) is 5.89. The maximum absolute atomic E-state index is 13.6. The number of aryl methyl sites for hydroxylation is 1. The zero-order chi connectivity index (χ0) is 14.7. The monoisotopic (exact) mass is 292 g/mol. The molecule has 5 heteroatoms. The largest absolute Gasteiger partial charge is 0.377 e. The maximum Gasteiger partial charge on any atom is 0.150 e. The molecule has 2 nitrogen and oxygen atoms in total. The van der Waals surface area contributed by atoms with Gasteiger partial charge in [-0.2, -0.15) is 5.26 Å². The second-order valence-corrected chi connectivity index (χ2v) is 4.76. The third-order valence-corrected chi connectivity index (χ3v) is 3.23. The van der Waals surface area contributed by atoms with Crippen molar-refractivity contribution in [1.29, 1.82) is 5.26 Å². The lowest BCUT2D eigenvalue weighted by Crippen LogP contribution is -2.04. The summed E-state index contributed by atoms with van der Waals surface area (Å²) in [4.78, 5) is 0. The van der Waals surface area contributed by atoms with Gasteiger partial charge in [-0.1, -0.05) is 17.7 Å². The molecule has 2 aromatic rings. The van der Waals surface area contributed by atoms with E-state index in [9.17, 15) is 8.78 Å². The van der Waals surface area contributed by atoms with Gasteiger partial charge in [0.15, 0.2) is 5.82 Å². The third-order valence-electron chi connectivity index (χ3n) is 2.93. The highest BCUT2D eigenvalue weighted by atomic mass is 35.5. The van der Waals surface area contributed by atoms with Gasteiger partial charge in [-0.15, -0.1) is 0 Å². The summed E-state index contributed by atoms with van der Waals surface area (Å²) in [7, 11) is 0. The molecule has 0 heterocycles. The number of nitriles is 1. The predicted octanol–water partition coefficient (Wildman–Crippen LogP) is 4.41. The Labute approximate surface area is 120 Å². The average molecular weight is 293 g/mol. The van der Waals surface area contributed by atoms with Gasteiger partial charge in [-0.3, -0.25) is 0 Å². The summed E-state index contributed by atoms with van der Waals surface area (Å²) in [6.45, 7) is 2.19. The van der Waals surface area contributed by atoms with Crippen molar-refractivity contribution in [2.45, 2.75) is 13.5 Å². The zero-order valence-electron chi connectivity index (χ0n) is 10.7. The molecule has 0 amide bonds. The Hall–Kier alpha value is -2.12. The summed E-state index contributed by atoms with van der Waals surface area (Å²) >= 11 is 5.80. The molecule has 102 valence electrons. The highest BCUT2D eigenvalue weighted by Crippen LogP contribution is 2.27. The number of nitrogens with zero attached hydrogens (tertiary/aromatic N) is 1. The summed E-state index contributed by atoms with van der Waals surface area (Å²) < 4.78 is 26.5. The normalized spacial score (nSPS) is 10.2. The van der Waals surface area contributed by atoms with Gasteiger partial charge in [0.05, 0.1) is 22.3 Å². The Morgan fingerprint density at radius 2 is 2.00 bits per heavy atom. The molecule has 2 rings (SSSR count). The molecule has 2 aromatic carbocycles. The molecule has 0 radical (unpaired) electrons. The van der Waals surface area contributed by atoms with Gasteiger partial charge in [0.25, 0.3) is 0 Å². The van der Waals surface area contributed by atoms with Crippen molar-refractivity contribution < 1.29 is 8.78 Å². The highest BCUT2D eigenvalue weighted by molar-refractivity contribution is 6.33.